The minimum Gasteiger partial charge on any atom is -0.374 e. The monoisotopic (exact) mass is 488 g/mol. The van der Waals surface area contributed by atoms with E-state index in [2.05, 4.69) is 78.6 Å². The van der Waals surface area contributed by atoms with E-state index in [0.29, 0.717) is 5.92 Å². The molecule has 1 saturated heterocycles. The third-order valence-electron chi connectivity index (χ3n) is 4.82. The molecular weight excluding hydrogens is 451 g/mol. The third-order valence-corrected chi connectivity index (χ3v) is 4.82. The summed E-state index contributed by atoms with van der Waals surface area (Å²) in [5.41, 5.74) is 1.36. The van der Waals surface area contributed by atoms with Crippen molar-refractivity contribution in [3.63, 3.8) is 0 Å². The van der Waals surface area contributed by atoms with Crippen LogP contribution in [-0.2, 0) is 10.2 Å². The number of benzene rings is 1. The molecule has 0 bridgehead atoms. The minimum absolute atomic E-state index is 0. The predicted molar refractivity (Wildman–Crippen MR) is 125 cm³/mol. The summed E-state index contributed by atoms with van der Waals surface area (Å²) in [6.45, 7) is 14.6. The van der Waals surface area contributed by atoms with Crippen LogP contribution in [0.3, 0.4) is 0 Å². The van der Waals surface area contributed by atoms with Gasteiger partial charge in [-0.25, -0.2) is 0 Å². The molecule has 0 aliphatic carbocycles. The highest BCUT2D eigenvalue weighted by Crippen LogP contribution is 2.21. The van der Waals surface area contributed by atoms with Gasteiger partial charge in [0.15, 0.2) is 5.96 Å². The van der Waals surface area contributed by atoms with Crippen molar-refractivity contribution in [2.75, 3.05) is 46.4 Å². The fourth-order valence-electron chi connectivity index (χ4n) is 3.31. The molecule has 154 valence electrons. The smallest absolute Gasteiger partial charge is 0.191 e. The first-order valence-electron chi connectivity index (χ1n) is 9.74. The van der Waals surface area contributed by atoms with Gasteiger partial charge in [-0.2, -0.15) is 0 Å². The van der Waals surface area contributed by atoms with E-state index in [-0.39, 0.29) is 35.5 Å². The lowest BCUT2D eigenvalue weighted by Gasteiger charge is -2.34. The van der Waals surface area contributed by atoms with Crippen LogP contribution < -0.4 is 10.6 Å². The Morgan fingerprint density at radius 1 is 1.26 bits per heavy atom. The molecule has 2 N–H and O–H groups in total. The Morgan fingerprint density at radius 2 is 1.96 bits per heavy atom. The van der Waals surface area contributed by atoms with Gasteiger partial charge in [0.1, 0.15) is 0 Å². The zero-order valence-corrected chi connectivity index (χ0v) is 19.8. The van der Waals surface area contributed by atoms with Crippen molar-refractivity contribution < 1.29 is 4.74 Å². The SMILES string of the molecule is CN=C(NCC1CN(CC(C)C)CCO1)NCC(C)(C)c1ccccc1.I. The Balaban J connectivity index is 0.00000364. The largest absolute Gasteiger partial charge is 0.374 e. The Hall–Kier alpha value is -0.860. The molecule has 2 rings (SSSR count). The second kappa shape index (κ2) is 11.9. The molecule has 0 aromatic heterocycles. The molecular formula is C21H37IN4O. The third kappa shape index (κ3) is 8.35. The Bertz CT molecular complexity index is 563. The van der Waals surface area contributed by atoms with Crippen molar-refractivity contribution in [2.24, 2.45) is 10.9 Å². The number of ether oxygens (including phenoxy) is 1. The molecule has 0 amide bonds. The second-order valence-corrected chi connectivity index (χ2v) is 8.20. The van der Waals surface area contributed by atoms with E-state index in [9.17, 15) is 0 Å². The maximum atomic E-state index is 5.91. The standard InChI is InChI=1S/C21H36N4O.HI/c1-17(2)14-25-11-12-26-19(15-25)13-23-20(22-5)24-16-21(3,4)18-9-7-6-8-10-18;/h6-10,17,19H,11-16H2,1-5H3,(H2,22,23,24);1H. The molecule has 1 aliphatic rings. The fraction of sp³-hybridized carbons (Fsp3) is 0.667. The van der Waals surface area contributed by atoms with Gasteiger partial charge in [0.05, 0.1) is 12.7 Å². The summed E-state index contributed by atoms with van der Waals surface area (Å²) in [7, 11) is 1.82. The molecule has 1 aromatic carbocycles. The molecule has 0 spiro atoms. The van der Waals surface area contributed by atoms with Crippen molar-refractivity contribution in [1.82, 2.24) is 15.5 Å². The predicted octanol–water partition coefficient (Wildman–Crippen LogP) is 3.10. The molecule has 0 saturated carbocycles. The average molecular weight is 488 g/mol. The Labute approximate surface area is 182 Å². The highest BCUT2D eigenvalue weighted by Gasteiger charge is 2.23. The second-order valence-electron chi connectivity index (χ2n) is 8.20. The maximum Gasteiger partial charge on any atom is 0.191 e. The lowest BCUT2D eigenvalue weighted by molar-refractivity contribution is -0.0284. The summed E-state index contributed by atoms with van der Waals surface area (Å²) in [5.74, 6) is 1.52. The van der Waals surface area contributed by atoms with Crippen LogP contribution in [0.15, 0.2) is 35.3 Å². The highest BCUT2D eigenvalue weighted by atomic mass is 127. The number of hydrogen-bond donors (Lipinski definition) is 2. The molecule has 1 heterocycles. The van der Waals surface area contributed by atoms with Crippen LogP contribution in [0, 0.1) is 5.92 Å². The first-order valence-corrected chi connectivity index (χ1v) is 9.74. The van der Waals surface area contributed by atoms with Gasteiger partial charge >= 0.3 is 0 Å². The molecule has 27 heavy (non-hydrogen) atoms. The van der Waals surface area contributed by atoms with E-state index < -0.39 is 0 Å². The molecule has 6 heteroatoms. The van der Waals surface area contributed by atoms with Crippen molar-refractivity contribution >= 4 is 29.9 Å². The lowest BCUT2D eigenvalue weighted by Crippen LogP contribution is -2.51. The van der Waals surface area contributed by atoms with Crippen LogP contribution in [-0.4, -0.2) is 63.3 Å². The van der Waals surface area contributed by atoms with E-state index in [1.54, 1.807) is 0 Å². The van der Waals surface area contributed by atoms with Crippen LogP contribution in [0.2, 0.25) is 0 Å². The zero-order valence-electron chi connectivity index (χ0n) is 17.5. The molecule has 1 atom stereocenters. The molecule has 1 aromatic rings. The quantitative estimate of drug-likeness (QED) is 0.352. The number of morpholine rings is 1. The number of halogens is 1. The normalized spacial score (nSPS) is 18.9. The van der Waals surface area contributed by atoms with Crippen LogP contribution >= 0.6 is 24.0 Å². The summed E-state index contributed by atoms with van der Waals surface area (Å²) in [4.78, 5) is 6.86. The lowest BCUT2D eigenvalue weighted by atomic mass is 9.85. The molecule has 1 unspecified atom stereocenters. The van der Waals surface area contributed by atoms with Crippen LogP contribution in [0.25, 0.3) is 0 Å². The van der Waals surface area contributed by atoms with Gasteiger partial charge in [-0.05, 0) is 11.5 Å². The summed E-state index contributed by atoms with van der Waals surface area (Å²) in [6.07, 6.45) is 0.211. The van der Waals surface area contributed by atoms with Crippen LogP contribution in [0.1, 0.15) is 33.3 Å². The number of aliphatic imine (C=N–C) groups is 1. The van der Waals surface area contributed by atoms with E-state index in [1.165, 1.54) is 5.56 Å². The van der Waals surface area contributed by atoms with Crippen LogP contribution in [0.5, 0.6) is 0 Å². The number of nitrogens with zero attached hydrogens (tertiary/aromatic N) is 2. The van der Waals surface area contributed by atoms with Gasteiger partial charge in [-0.3, -0.25) is 9.89 Å². The van der Waals surface area contributed by atoms with E-state index in [0.717, 1.165) is 45.3 Å². The number of nitrogens with one attached hydrogen (secondary N) is 2. The van der Waals surface area contributed by atoms with Gasteiger partial charge in [0.25, 0.3) is 0 Å². The topological polar surface area (TPSA) is 48.9 Å². The highest BCUT2D eigenvalue weighted by molar-refractivity contribution is 14.0. The number of guanidine groups is 1. The van der Waals surface area contributed by atoms with Gasteiger partial charge in [0.2, 0.25) is 0 Å². The molecule has 1 fully saturated rings. The molecule has 1 aliphatic heterocycles. The number of rotatable bonds is 7. The first kappa shape index (κ1) is 24.2. The van der Waals surface area contributed by atoms with Gasteiger partial charge in [-0.15, -0.1) is 24.0 Å². The Kier molecular flexibility index (Phi) is 10.6. The van der Waals surface area contributed by atoms with Crippen molar-refractivity contribution in [1.29, 1.82) is 0 Å². The van der Waals surface area contributed by atoms with Gasteiger partial charge in [-0.1, -0.05) is 58.0 Å². The summed E-state index contributed by atoms with van der Waals surface area (Å²) >= 11 is 0. The summed E-state index contributed by atoms with van der Waals surface area (Å²) in [6, 6.07) is 10.6. The van der Waals surface area contributed by atoms with E-state index >= 15 is 0 Å². The fourth-order valence-corrected chi connectivity index (χ4v) is 3.31. The van der Waals surface area contributed by atoms with E-state index in [1.807, 2.05) is 7.05 Å². The zero-order chi connectivity index (χ0) is 19.0. The van der Waals surface area contributed by atoms with Crippen molar-refractivity contribution in [3.05, 3.63) is 35.9 Å². The van der Waals surface area contributed by atoms with Gasteiger partial charge < -0.3 is 15.4 Å². The van der Waals surface area contributed by atoms with Crippen LogP contribution in [0.4, 0.5) is 0 Å². The van der Waals surface area contributed by atoms with E-state index in [4.69, 9.17) is 4.74 Å². The summed E-state index contributed by atoms with van der Waals surface area (Å²) < 4.78 is 5.91. The minimum atomic E-state index is 0. The summed E-state index contributed by atoms with van der Waals surface area (Å²) in [5, 5.41) is 6.89. The maximum absolute atomic E-state index is 5.91. The Morgan fingerprint density at radius 3 is 2.59 bits per heavy atom. The van der Waals surface area contributed by atoms with Gasteiger partial charge in [0, 0.05) is 45.2 Å². The molecule has 5 nitrogen and oxygen atoms in total. The first-order chi connectivity index (χ1) is 12.4. The number of hydrogen-bond acceptors (Lipinski definition) is 3. The van der Waals surface area contributed by atoms with Crippen molar-refractivity contribution in [2.45, 2.75) is 39.2 Å². The van der Waals surface area contributed by atoms with Crippen molar-refractivity contribution in [3.8, 4) is 0 Å². The average Bonchev–Trinajstić information content (AvgIpc) is 2.62. The molecule has 0 radical (unpaired) electrons.